The maximum Gasteiger partial charge on any atom is 0.321 e. The molecule has 7 heteroatoms. The topological polar surface area (TPSA) is 88.4 Å². The van der Waals surface area contributed by atoms with Crippen LogP contribution in [0.1, 0.15) is 65.3 Å². The van der Waals surface area contributed by atoms with Crippen LogP contribution in [0, 0.1) is 0 Å². The van der Waals surface area contributed by atoms with Crippen LogP contribution < -0.4 is 10.6 Å². The van der Waals surface area contributed by atoms with Gasteiger partial charge in [-0.05, 0) is 54.2 Å². The Balaban J connectivity index is 1.32. The number of urea groups is 1. The molecule has 0 radical (unpaired) electrons. The van der Waals surface area contributed by atoms with Gasteiger partial charge in [0.15, 0.2) is 5.65 Å². The average Bonchev–Trinajstić information content (AvgIpc) is 3.64. The Bertz CT molecular complexity index is 1130. The molecule has 2 aliphatic carbocycles. The first-order chi connectivity index (χ1) is 14.2. The molecule has 3 aliphatic rings. The molecule has 6 rings (SSSR count). The second kappa shape index (κ2) is 6.14. The standard InChI is InChI=1S/C22H21N5O2/c28-21-18(11-24-22(29)25-21)19-10-17(20-23-7-8-27(20)26-19)16-9-15(16)14-5-3-13(4-6-14)12-1-2-12/h3-8,10,12,15-16,18H,1-2,9,11H2,(H2,24,25,28,29)/t15-,16+,18?/m0/s1. The summed E-state index contributed by atoms with van der Waals surface area (Å²) in [4.78, 5) is 28.2. The highest BCUT2D eigenvalue weighted by Gasteiger charge is 2.42. The van der Waals surface area contributed by atoms with E-state index in [-0.39, 0.29) is 12.5 Å². The number of hydrogen-bond acceptors (Lipinski definition) is 4. The fourth-order valence-electron chi connectivity index (χ4n) is 4.51. The molecule has 0 spiro atoms. The highest BCUT2D eigenvalue weighted by molar-refractivity contribution is 6.00. The monoisotopic (exact) mass is 387 g/mol. The third-order valence-corrected chi connectivity index (χ3v) is 6.39. The van der Waals surface area contributed by atoms with Gasteiger partial charge in [0, 0.05) is 24.5 Å². The van der Waals surface area contributed by atoms with E-state index in [1.54, 1.807) is 10.7 Å². The Kier molecular flexibility index (Phi) is 3.54. The van der Waals surface area contributed by atoms with Crippen molar-refractivity contribution in [3.05, 3.63) is 65.1 Å². The minimum absolute atomic E-state index is 0.258. The number of aromatic nitrogens is 3. The van der Waals surface area contributed by atoms with Crippen molar-refractivity contribution in [1.82, 2.24) is 25.2 Å². The van der Waals surface area contributed by atoms with Crippen molar-refractivity contribution in [3.63, 3.8) is 0 Å². The molecule has 146 valence electrons. The van der Waals surface area contributed by atoms with Gasteiger partial charge in [-0.2, -0.15) is 5.10 Å². The number of amides is 3. The smallest absolute Gasteiger partial charge is 0.321 e. The van der Waals surface area contributed by atoms with E-state index in [1.165, 1.54) is 24.0 Å². The van der Waals surface area contributed by atoms with Crippen LogP contribution in [0.2, 0.25) is 0 Å². The molecule has 2 saturated carbocycles. The first kappa shape index (κ1) is 16.7. The first-order valence-electron chi connectivity index (χ1n) is 10.2. The van der Waals surface area contributed by atoms with Crippen LogP contribution in [0.25, 0.3) is 5.65 Å². The number of hydrogen-bond donors (Lipinski definition) is 2. The van der Waals surface area contributed by atoms with E-state index in [1.807, 2.05) is 12.3 Å². The number of benzene rings is 1. The molecule has 1 aliphatic heterocycles. The minimum Gasteiger partial charge on any atom is -0.337 e. The molecule has 29 heavy (non-hydrogen) atoms. The summed E-state index contributed by atoms with van der Waals surface area (Å²) >= 11 is 0. The number of nitrogens with one attached hydrogen (secondary N) is 2. The van der Waals surface area contributed by atoms with Crippen LogP contribution in [0.4, 0.5) is 4.79 Å². The molecule has 7 nitrogen and oxygen atoms in total. The molecule has 1 aromatic carbocycles. The molecule has 3 fully saturated rings. The molecule has 2 N–H and O–H groups in total. The van der Waals surface area contributed by atoms with Crippen molar-refractivity contribution in [2.45, 2.75) is 42.9 Å². The number of nitrogens with zero attached hydrogens (tertiary/aromatic N) is 3. The van der Waals surface area contributed by atoms with Gasteiger partial charge in [-0.3, -0.25) is 10.1 Å². The Labute approximate surface area is 167 Å². The highest BCUT2D eigenvalue weighted by atomic mass is 16.2. The van der Waals surface area contributed by atoms with Crippen LogP contribution in [0.15, 0.2) is 42.7 Å². The summed E-state index contributed by atoms with van der Waals surface area (Å²) in [6.45, 7) is 0.258. The van der Waals surface area contributed by atoms with E-state index in [2.05, 4.69) is 45.0 Å². The maximum atomic E-state index is 12.3. The quantitative estimate of drug-likeness (QED) is 0.721. The predicted octanol–water partition coefficient (Wildman–Crippen LogP) is 2.80. The Morgan fingerprint density at radius 3 is 2.59 bits per heavy atom. The van der Waals surface area contributed by atoms with E-state index in [4.69, 9.17) is 0 Å². The predicted molar refractivity (Wildman–Crippen MR) is 106 cm³/mol. The second-order valence-electron chi connectivity index (χ2n) is 8.36. The molecule has 0 bridgehead atoms. The lowest BCUT2D eigenvalue weighted by Crippen LogP contribution is -2.51. The summed E-state index contributed by atoms with van der Waals surface area (Å²) in [5, 5.41) is 9.60. The van der Waals surface area contributed by atoms with Crippen molar-refractivity contribution in [2.24, 2.45) is 0 Å². The molecule has 3 heterocycles. The van der Waals surface area contributed by atoms with E-state index < -0.39 is 11.9 Å². The Hall–Kier alpha value is -3.22. The SMILES string of the molecule is O=C1NCC(c2cc([C@@H]3C[C@H]3c3ccc(C4CC4)cc3)c3nccn3n2)C(=O)N1. The zero-order valence-electron chi connectivity index (χ0n) is 15.8. The van der Waals surface area contributed by atoms with Gasteiger partial charge in [-0.1, -0.05) is 24.3 Å². The van der Waals surface area contributed by atoms with Gasteiger partial charge < -0.3 is 5.32 Å². The normalized spacial score (nSPS) is 26.3. The van der Waals surface area contributed by atoms with Crippen LogP contribution in [-0.2, 0) is 4.79 Å². The lowest BCUT2D eigenvalue weighted by molar-refractivity contribution is -0.122. The van der Waals surface area contributed by atoms with E-state index in [9.17, 15) is 9.59 Å². The van der Waals surface area contributed by atoms with Crippen molar-refractivity contribution < 1.29 is 9.59 Å². The first-order valence-corrected chi connectivity index (χ1v) is 10.2. The summed E-state index contributed by atoms with van der Waals surface area (Å²) in [7, 11) is 0. The van der Waals surface area contributed by atoms with Gasteiger partial charge in [0.05, 0.1) is 11.6 Å². The molecule has 1 unspecified atom stereocenters. The molecule has 2 aromatic heterocycles. The fourth-order valence-corrected chi connectivity index (χ4v) is 4.51. The molecule has 3 amide bonds. The molecule has 1 saturated heterocycles. The maximum absolute atomic E-state index is 12.3. The second-order valence-corrected chi connectivity index (χ2v) is 8.36. The van der Waals surface area contributed by atoms with Crippen molar-refractivity contribution >= 4 is 17.6 Å². The molecular weight excluding hydrogens is 366 g/mol. The number of fused-ring (bicyclic) bond motifs is 1. The summed E-state index contributed by atoms with van der Waals surface area (Å²) in [5.74, 6) is 0.810. The zero-order chi connectivity index (χ0) is 19.5. The van der Waals surface area contributed by atoms with Crippen LogP contribution in [0.3, 0.4) is 0 Å². The van der Waals surface area contributed by atoms with Crippen LogP contribution in [-0.4, -0.2) is 33.1 Å². The minimum atomic E-state index is -0.492. The van der Waals surface area contributed by atoms with E-state index in [0.29, 0.717) is 17.5 Å². The van der Waals surface area contributed by atoms with Gasteiger partial charge in [0.25, 0.3) is 0 Å². The number of rotatable bonds is 4. The van der Waals surface area contributed by atoms with Crippen molar-refractivity contribution in [2.75, 3.05) is 6.54 Å². The summed E-state index contributed by atoms with van der Waals surface area (Å²) in [6, 6.07) is 10.7. The number of imidazole rings is 1. The lowest BCUT2D eigenvalue weighted by atomic mass is 9.98. The largest absolute Gasteiger partial charge is 0.337 e. The molecular formula is C22H21N5O2. The summed E-state index contributed by atoms with van der Waals surface area (Å²) in [6.07, 6.45) is 7.25. The average molecular weight is 387 g/mol. The number of carbonyl (C=O) groups is 2. The van der Waals surface area contributed by atoms with Gasteiger partial charge >= 0.3 is 6.03 Å². The Morgan fingerprint density at radius 2 is 1.83 bits per heavy atom. The van der Waals surface area contributed by atoms with Crippen molar-refractivity contribution in [3.8, 4) is 0 Å². The van der Waals surface area contributed by atoms with E-state index >= 15 is 0 Å². The molecule has 3 atom stereocenters. The number of imide groups is 1. The third kappa shape index (κ3) is 2.88. The van der Waals surface area contributed by atoms with Gasteiger partial charge in [-0.25, -0.2) is 14.3 Å². The zero-order valence-corrected chi connectivity index (χ0v) is 15.8. The van der Waals surface area contributed by atoms with Gasteiger partial charge in [0.2, 0.25) is 5.91 Å². The lowest BCUT2D eigenvalue weighted by Gasteiger charge is -2.22. The summed E-state index contributed by atoms with van der Waals surface area (Å²) < 4.78 is 1.75. The number of carbonyl (C=O) groups excluding carboxylic acids is 2. The Morgan fingerprint density at radius 1 is 1.03 bits per heavy atom. The highest BCUT2D eigenvalue weighted by Crippen LogP contribution is 2.55. The summed E-state index contributed by atoms with van der Waals surface area (Å²) in [5.41, 5.74) is 5.46. The fraction of sp³-hybridized carbons (Fsp3) is 0.364. The molecule has 3 aromatic rings. The van der Waals surface area contributed by atoms with Gasteiger partial charge in [-0.15, -0.1) is 0 Å². The van der Waals surface area contributed by atoms with Crippen LogP contribution >= 0.6 is 0 Å². The van der Waals surface area contributed by atoms with Gasteiger partial charge in [0.1, 0.15) is 0 Å². The van der Waals surface area contributed by atoms with E-state index in [0.717, 1.165) is 23.5 Å². The van der Waals surface area contributed by atoms with Crippen molar-refractivity contribution in [1.29, 1.82) is 0 Å². The third-order valence-electron chi connectivity index (χ3n) is 6.39. The van der Waals surface area contributed by atoms with Crippen LogP contribution in [0.5, 0.6) is 0 Å².